The average molecular weight is 360 g/mol. The molecule has 0 saturated carbocycles. The van der Waals surface area contributed by atoms with Crippen LogP contribution in [0.1, 0.15) is 84.0 Å². The Labute approximate surface area is 135 Å². The van der Waals surface area contributed by atoms with Crippen molar-refractivity contribution in [2.75, 3.05) is 6.16 Å². The topological polar surface area (TPSA) is 115 Å². The van der Waals surface area contributed by atoms with Crippen molar-refractivity contribution in [1.29, 1.82) is 0 Å². The van der Waals surface area contributed by atoms with Crippen LogP contribution in [0.25, 0.3) is 0 Å². The predicted molar refractivity (Wildman–Crippen MR) is 91.4 cm³/mol. The van der Waals surface area contributed by atoms with E-state index in [-0.39, 0.29) is 6.16 Å². The van der Waals surface area contributed by atoms with Crippen LogP contribution in [0, 0.1) is 0 Å². The number of hydrogen-bond acceptors (Lipinski definition) is 2. The van der Waals surface area contributed by atoms with E-state index in [1.165, 1.54) is 57.8 Å². The molecule has 4 N–H and O–H groups in total. The first-order valence-corrected chi connectivity index (χ1v) is 11.4. The van der Waals surface area contributed by atoms with Gasteiger partial charge in [0.1, 0.15) is 0 Å². The van der Waals surface area contributed by atoms with Crippen LogP contribution in [0.2, 0.25) is 0 Å². The van der Waals surface area contributed by atoms with E-state index in [1.54, 1.807) is 0 Å². The monoisotopic (exact) mass is 360 g/mol. The maximum Gasteiger partial charge on any atom is 0.325 e. The van der Waals surface area contributed by atoms with Gasteiger partial charge >= 0.3 is 15.9 Å². The summed E-state index contributed by atoms with van der Waals surface area (Å²) in [7, 11) is -6.88. The van der Waals surface area contributed by atoms with E-state index in [2.05, 4.69) is 6.92 Å². The fraction of sp³-hybridized carbons (Fsp3) is 1.00. The van der Waals surface area contributed by atoms with Crippen molar-refractivity contribution < 1.29 is 28.7 Å². The van der Waals surface area contributed by atoms with Crippen LogP contribution in [0.3, 0.4) is 0 Å². The van der Waals surface area contributed by atoms with Gasteiger partial charge in [0.2, 0.25) is 0 Å². The summed E-state index contributed by atoms with van der Waals surface area (Å²) in [6, 6.07) is 0. The van der Waals surface area contributed by atoms with Gasteiger partial charge < -0.3 is 19.6 Å². The molecule has 0 aliphatic heterocycles. The lowest BCUT2D eigenvalue weighted by Crippen LogP contribution is -1.88. The van der Waals surface area contributed by atoms with E-state index < -0.39 is 15.9 Å². The third kappa shape index (κ3) is 32.3. The summed E-state index contributed by atoms with van der Waals surface area (Å²) in [6.45, 7) is 2.24. The summed E-state index contributed by atoms with van der Waals surface area (Å²) < 4.78 is 19.3. The van der Waals surface area contributed by atoms with E-state index >= 15 is 0 Å². The maximum atomic E-state index is 10.6. The minimum Gasteiger partial charge on any atom is -0.326 e. The first-order chi connectivity index (χ1) is 10.3. The molecule has 8 heteroatoms. The molecule has 0 heterocycles. The van der Waals surface area contributed by atoms with Gasteiger partial charge in [-0.25, -0.2) is 0 Å². The summed E-state index contributed by atoms with van der Waals surface area (Å²) in [5.74, 6) is 0. The van der Waals surface area contributed by atoms with Crippen molar-refractivity contribution in [3.8, 4) is 0 Å². The van der Waals surface area contributed by atoms with Crippen molar-refractivity contribution >= 4 is 15.9 Å². The van der Waals surface area contributed by atoms with Gasteiger partial charge in [-0.2, -0.15) is 0 Å². The summed E-state index contributed by atoms with van der Waals surface area (Å²) in [5, 5.41) is 0. The second kappa shape index (κ2) is 17.7. The smallest absolute Gasteiger partial charge is 0.325 e. The Kier molecular flexibility index (Phi) is 19.7. The van der Waals surface area contributed by atoms with Crippen LogP contribution in [-0.2, 0) is 9.13 Å². The second-order valence-corrected chi connectivity index (χ2v) is 7.90. The Morgan fingerprint density at radius 3 is 1.27 bits per heavy atom. The van der Waals surface area contributed by atoms with Crippen LogP contribution >= 0.6 is 15.9 Å². The standard InChI is InChI=1S/C14H31O3P.H3O3P/c1-2-3-4-5-6-7-8-9-10-11-12-13-14-18(15,16)17;1-4(2)3/h2-14H2,1H3,(H2,15,16,17);4H,(H2,1,2,3). The second-order valence-electron chi connectivity index (χ2n) is 5.56. The summed E-state index contributed by atoms with van der Waals surface area (Å²) >= 11 is 0. The zero-order valence-electron chi connectivity index (χ0n) is 13.7. The molecule has 0 rings (SSSR count). The third-order valence-corrected chi connectivity index (χ3v) is 4.20. The first-order valence-electron chi connectivity index (χ1n) is 8.26. The van der Waals surface area contributed by atoms with Crippen molar-refractivity contribution in [2.45, 2.75) is 84.0 Å². The van der Waals surface area contributed by atoms with E-state index in [9.17, 15) is 4.57 Å². The highest BCUT2D eigenvalue weighted by Gasteiger charge is 2.10. The van der Waals surface area contributed by atoms with Gasteiger partial charge in [-0.1, -0.05) is 77.6 Å². The molecule has 6 nitrogen and oxygen atoms in total. The molecule has 0 unspecified atom stereocenters. The van der Waals surface area contributed by atoms with E-state index in [0.717, 1.165) is 12.8 Å². The van der Waals surface area contributed by atoms with Crippen molar-refractivity contribution in [3.05, 3.63) is 0 Å². The molecule has 0 aliphatic rings. The molecule has 0 radical (unpaired) electrons. The van der Waals surface area contributed by atoms with Gasteiger partial charge in [-0.15, -0.1) is 0 Å². The van der Waals surface area contributed by atoms with E-state index in [1.807, 2.05) is 0 Å². The Balaban J connectivity index is 0. The molecule has 0 aliphatic carbocycles. The molecular formula is C14H34O6P2. The van der Waals surface area contributed by atoms with Gasteiger partial charge in [-0.3, -0.25) is 9.13 Å². The molecule has 136 valence electrons. The molecular weight excluding hydrogens is 326 g/mol. The normalized spacial score (nSPS) is 11.4. The zero-order valence-corrected chi connectivity index (χ0v) is 15.6. The quantitative estimate of drug-likeness (QED) is 0.289. The molecule has 0 saturated heterocycles. The average Bonchev–Trinajstić information content (AvgIpc) is 2.38. The zero-order chi connectivity index (χ0) is 17.3. The summed E-state index contributed by atoms with van der Waals surface area (Å²) in [6.07, 6.45) is 14.8. The molecule has 0 atom stereocenters. The van der Waals surface area contributed by atoms with Crippen LogP contribution in [0.4, 0.5) is 0 Å². The van der Waals surface area contributed by atoms with E-state index in [4.69, 9.17) is 24.1 Å². The molecule has 0 fully saturated rings. The summed E-state index contributed by atoms with van der Waals surface area (Å²) in [5.41, 5.74) is 0. The van der Waals surface area contributed by atoms with Crippen LogP contribution in [0.15, 0.2) is 0 Å². The highest BCUT2D eigenvalue weighted by molar-refractivity contribution is 7.51. The summed E-state index contributed by atoms with van der Waals surface area (Å²) in [4.78, 5) is 31.7. The Morgan fingerprint density at radius 2 is 1.00 bits per heavy atom. The fourth-order valence-corrected chi connectivity index (χ4v) is 2.79. The third-order valence-electron chi connectivity index (χ3n) is 3.30. The van der Waals surface area contributed by atoms with Crippen molar-refractivity contribution in [1.82, 2.24) is 0 Å². The Morgan fingerprint density at radius 1 is 0.727 bits per heavy atom. The van der Waals surface area contributed by atoms with Crippen molar-refractivity contribution in [3.63, 3.8) is 0 Å². The van der Waals surface area contributed by atoms with Gasteiger partial charge in [0.15, 0.2) is 0 Å². The molecule has 0 spiro atoms. The lowest BCUT2D eigenvalue weighted by molar-refractivity contribution is 0.370. The van der Waals surface area contributed by atoms with Crippen molar-refractivity contribution in [2.24, 2.45) is 0 Å². The van der Waals surface area contributed by atoms with Gasteiger partial charge in [-0.05, 0) is 6.42 Å². The maximum absolute atomic E-state index is 10.6. The van der Waals surface area contributed by atoms with E-state index in [0.29, 0.717) is 6.42 Å². The number of unbranched alkanes of at least 4 members (excludes halogenated alkanes) is 11. The highest BCUT2D eigenvalue weighted by Crippen LogP contribution is 2.35. The minimum atomic E-state index is -3.75. The molecule has 0 aromatic heterocycles. The Hall–Kier alpha value is 0.300. The SMILES string of the molecule is CCCCCCCCCCCCCCP(=O)(O)O.O=[PH](O)O. The predicted octanol–water partition coefficient (Wildman–Crippen LogP) is 4.23. The molecule has 0 bridgehead atoms. The number of rotatable bonds is 13. The fourth-order valence-electron chi connectivity index (χ4n) is 2.16. The molecule has 0 aromatic carbocycles. The van der Waals surface area contributed by atoms with Gasteiger partial charge in [0.05, 0.1) is 0 Å². The highest BCUT2D eigenvalue weighted by atomic mass is 31.2. The largest absolute Gasteiger partial charge is 0.326 e. The molecule has 0 amide bonds. The molecule has 0 aromatic rings. The minimum absolute atomic E-state index is 0.0599. The van der Waals surface area contributed by atoms with Crippen LogP contribution < -0.4 is 0 Å². The Bertz CT molecular complexity index is 289. The molecule has 22 heavy (non-hydrogen) atoms. The van der Waals surface area contributed by atoms with Gasteiger partial charge in [0.25, 0.3) is 0 Å². The first kappa shape index (κ1) is 24.6. The lowest BCUT2D eigenvalue weighted by Gasteiger charge is -2.04. The number of hydrogen-bond donors (Lipinski definition) is 4. The van der Waals surface area contributed by atoms with Crippen LogP contribution in [0.5, 0.6) is 0 Å². The van der Waals surface area contributed by atoms with Crippen LogP contribution in [-0.4, -0.2) is 25.7 Å². The van der Waals surface area contributed by atoms with Gasteiger partial charge in [0, 0.05) is 6.16 Å². The lowest BCUT2D eigenvalue weighted by atomic mass is 10.1.